The van der Waals surface area contributed by atoms with Gasteiger partial charge in [-0.15, -0.1) is 0 Å². The molecule has 0 aromatic carbocycles. The van der Waals surface area contributed by atoms with Crippen LogP contribution >= 0.6 is 0 Å². The van der Waals surface area contributed by atoms with E-state index in [2.05, 4.69) is 12.7 Å². The first-order valence-electron chi connectivity index (χ1n) is 4.30. The Kier molecular flexibility index (Phi) is 8.96. The molecular formula is C10H18O. The highest BCUT2D eigenvalue weighted by Crippen LogP contribution is 2.02. The van der Waals surface area contributed by atoms with E-state index in [-0.39, 0.29) is 0 Å². The third kappa shape index (κ3) is 9.44. The minimum atomic E-state index is 0.336. The van der Waals surface area contributed by atoms with Crippen molar-refractivity contribution in [3.63, 3.8) is 0 Å². The maximum Gasteiger partial charge on any atom is 0.0431 e. The molecule has 0 atom stereocenters. The molecule has 1 nitrogen and oxygen atoms in total. The number of hydrogen-bond acceptors (Lipinski definition) is 1. The van der Waals surface area contributed by atoms with Crippen LogP contribution in [-0.2, 0) is 0 Å². The molecule has 0 radical (unpaired) electrons. The summed E-state index contributed by atoms with van der Waals surface area (Å²) in [6, 6.07) is 0. The van der Waals surface area contributed by atoms with Crippen LogP contribution in [-0.4, -0.2) is 11.7 Å². The summed E-state index contributed by atoms with van der Waals surface area (Å²) >= 11 is 0. The van der Waals surface area contributed by atoms with Crippen molar-refractivity contribution >= 4 is 0 Å². The molecule has 0 fully saturated rings. The van der Waals surface area contributed by atoms with Gasteiger partial charge in [-0.2, -0.15) is 0 Å². The van der Waals surface area contributed by atoms with E-state index < -0.39 is 0 Å². The molecule has 0 aliphatic rings. The maximum absolute atomic E-state index is 8.48. The number of allylic oxidation sites excluding steroid dienone is 3. The van der Waals surface area contributed by atoms with Crippen LogP contribution in [0.4, 0.5) is 0 Å². The lowest BCUT2D eigenvalue weighted by Gasteiger charge is -1.94. The Hall–Kier alpha value is -0.560. The van der Waals surface area contributed by atoms with Gasteiger partial charge in [-0.3, -0.25) is 0 Å². The average Bonchev–Trinajstić information content (AvgIpc) is 2.03. The standard InChI is InChI=1S/C10H18O/c1-2-3-4-5-6-7-8-9-10-11/h2-4,11H,1,5-10H2. The van der Waals surface area contributed by atoms with Crippen LogP contribution in [0, 0.1) is 0 Å². The molecular weight excluding hydrogens is 136 g/mol. The van der Waals surface area contributed by atoms with Gasteiger partial charge in [0.2, 0.25) is 0 Å². The van der Waals surface area contributed by atoms with Gasteiger partial charge >= 0.3 is 0 Å². The summed E-state index contributed by atoms with van der Waals surface area (Å²) in [5.74, 6) is 0. The van der Waals surface area contributed by atoms with Crippen molar-refractivity contribution in [3.8, 4) is 0 Å². The molecule has 0 aromatic heterocycles. The summed E-state index contributed by atoms with van der Waals surface area (Å²) in [5.41, 5.74) is 0. The van der Waals surface area contributed by atoms with Crippen LogP contribution in [0.3, 0.4) is 0 Å². The molecule has 0 aliphatic heterocycles. The van der Waals surface area contributed by atoms with E-state index in [0.29, 0.717) is 6.61 Å². The fraction of sp³-hybridized carbons (Fsp3) is 0.600. The molecule has 0 spiro atoms. The van der Waals surface area contributed by atoms with Crippen LogP contribution in [0.15, 0.2) is 24.8 Å². The van der Waals surface area contributed by atoms with Crippen LogP contribution in [0.5, 0.6) is 0 Å². The van der Waals surface area contributed by atoms with E-state index in [4.69, 9.17) is 5.11 Å². The van der Waals surface area contributed by atoms with Crippen LogP contribution in [0.1, 0.15) is 32.1 Å². The number of aliphatic hydroxyl groups excluding tert-OH is 1. The summed E-state index contributed by atoms with van der Waals surface area (Å²) in [4.78, 5) is 0. The Morgan fingerprint density at radius 1 is 1.09 bits per heavy atom. The molecule has 0 aliphatic carbocycles. The molecule has 0 bridgehead atoms. The van der Waals surface area contributed by atoms with Crippen molar-refractivity contribution in [2.45, 2.75) is 32.1 Å². The summed E-state index contributed by atoms with van der Waals surface area (Å²) in [5, 5.41) is 8.48. The topological polar surface area (TPSA) is 20.2 Å². The first-order chi connectivity index (χ1) is 5.41. The highest BCUT2D eigenvalue weighted by atomic mass is 16.2. The lowest BCUT2D eigenvalue weighted by molar-refractivity contribution is 0.282. The highest BCUT2D eigenvalue weighted by molar-refractivity contribution is 4.96. The Morgan fingerprint density at radius 2 is 1.82 bits per heavy atom. The van der Waals surface area contributed by atoms with E-state index >= 15 is 0 Å². The maximum atomic E-state index is 8.48. The minimum absolute atomic E-state index is 0.336. The van der Waals surface area contributed by atoms with Crippen molar-refractivity contribution in [2.75, 3.05) is 6.61 Å². The fourth-order valence-corrected chi connectivity index (χ4v) is 0.920. The molecule has 1 heteroatoms. The van der Waals surface area contributed by atoms with Gasteiger partial charge in [-0.25, -0.2) is 0 Å². The summed E-state index contributed by atoms with van der Waals surface area (Å²) in [6.07, 6.45) is 11.6. The van der Waals surface area contributed by atoms with E-state index in [0.717, 1.165) is 19.3 Å². The lowest BCUT2D eigenvalue weighted by Crippen LogP contribution is -1.82. The summed E-state index contributed by atoms with van der Waals surface area (Å²) in [6.45, 7) is 3.92. The molecule has 0 amide bonds. The molecule has 0 aromatic rings. The first-order valence-corrected chi connectivity index (χ1v) is 4.30. The van der Waals surface area contributed by atoms with Crippen molar-refractivity contribution < 1.29 is 5.11 Å². The van der Waals surface area contributed by atoms with Gasteiger partial charge in [-0.1, -0.05) is 37.6 Å². The highest BCUT2D eigenvalue weighted by Gasteiger charge is 1.85. The Labute approximate surface area is 69.4 Å². The summed E-state index contributed by atoms with van der Waals surface area (Å²) < 4.78 is 0. The third-order valence-corrected chi connectivity index (χ3v) is 1.55. The molecule has 1 N–H and O–H groups in total. The quantitative estimate of drug-likeness (QED) is 0.441. The first kappa shape index (κ1) is 10.4. The van der Waals surface area contributed by atoms with Gasteiger partial charge < -0.3 is 5.11 Å². The van der Waals surface area contributed by atoms with Gasteiger partial charge in [0.1, 0.15) is 0 Å². The number of rotatable bonds is 7. The Balaban J connectivity index is 2.90. The minimum Gasteiger partial charge on any atom is -0.396 e. The average molecular weight is 154 g/mol. The Morgan fingerprint density at radius 3 is 2.45 bits per heavy atom. The van der Waals surface area contributed by atoms with Gasteiger partial charge in [0.25, 0.3) is 0 Å². The zero-order valence-electron chi connectivity index (χ0n) is 7.13. The van der Waals surface area contributed by atoms with Crippen molar-refractivity contribution in [3.05, 3.63) is 24.8 Å². The second-order valence-corrected chi connectivity index (χ2v) is 2.59. The largest absolute Gasteiger partial charge is 0.396 e. The van der Waals surface area contributed by atoms with E-state index in [1.165, 1.54) is 12.8 Å². The van der Waals surface area contributed by atoms with Gasteiger partial charge in [0, 0.05) is 6.61 Å². The summed E-state index contributed by atoms with van der Waals surface area (Å²) in [7, 11) is 0. The van der Waals surface area contributed by atoms with Crippen molar-refractivity contribution in [1.82, 2.24) is 0 Å². The van der Waals surface area contributed by atoms with Gasteiger partial charge in [0.15, 0.2) is 0 Å². The second kappa shape index (κ2) is 9.44. The molecule has 0 unspecified atom stereocenters. The third-order valence-electron chi connectivity index (χ3n) is 1.55. The van der Waals surface area contributed by atoms with Crippen LogP contribution in [0.25, 0.3) is 0 Å². The number of aliphatic hydroxyl groups is 1. The normalized spacial score (nSPS) is 10.6. The number of unbranched alkanes of at least 4 members (excludes halogenated alkanes) is 4. The zero-order valence-corrected chi connectivity index (χ0v) is 7.13. The van der Waals surface area contributed by atoms with E-state index in [1.807, 2.05) is 6.08 Å². The lowest BCUT2D eigenvalue weighted by atomic mass is 10.1. The van der Waals surface area contributed by atoms with Crippen molar-refractivity contribution in [1.29, 1.82) is 0 Å². The molecule has 0 saturated heterocycles. The van der Waals surface area contributed by atoms with E-state index in [1.54, 1.807) is 6.08 Å². The molecule has 0 rings (SSSR count). The predicted molar refractivity (Wildman–Crippen MR) is 49.5 cm³/mol. The Bertz CT molecular complexity index is 105. The van der Waals surface area contributed by atoms with Gasteiger partial charge in [-0.05, 0) is 19.3 Å². The SMILES string of the molecule is C=CC=CCCCCCCO. The molecule has 0 heterocycles. The van der Waals surface area contributed by atoms with Crippen LogP contribution < -0.4 is 0 Å². The molecule has 64 valence electrons. The molecule has 0 saturated carbocycles. The van der Waals surface area contributed by atoms with Crippen LogP contribution in [0.2, 0.25) is 0 Å². The van der Waals surface area contributed by atoms with E-state index in [9.17, 15) is 0 Å². The zero-order chi connectivity index (χ0) is 8.36. The molecule has 11 heavy (non-hydrogen) atoms. The smallest absolute Gasteiger partial charge is 0.0431 e. The van der Waals surface area contributed by atoms with Crippen molar-refractivity contribution in [2.24, 2.45) is 0 Å². The number of hydrogen-bond donors (Lipinski definition) is 1. The van der Waals surface area contributed by atoms with Gasteiger partial charge in [0.05, 0.1) is 0 Å². The fourth-order valence-electron chi connectivity index (χ4n) is 0.920. The predicted octanol–water partition coefficient (Wildman–Crippen LogP) is 2.67. The monoisotopic (exact) mass is 154 g/mol. The second-order valence-electron chi connectivity index (χ2n) is 2.59.